The van der Waals surface area contributed by atoms with Crippen LogP contribution < -0.4 is 5.32 Å². The molecule has 0 unspecified atom stereocenters. The largest absolute Gasteiger partial charge is 0.379 e. The molecule has 6 heteroatoms. The lowest BCUT2D eigenvalue weighted by Crippen LogP contribution is -2.36. The third-order valence-corrected chi connectivity index (χ3v) is 3.54. The summed E-state index contributed by atoms with van der Waals surface area (Å²) in [6.07, 6.45) is 4.45. The Bertz CT molecular complexity index is 269. The van der Waals surface area contributed by atoms with E-state index in [0.29, 0.717) is 39.6 Å². The molecule has 1 amide bonds. The topological polar surface area (TPSA) is 56.8 Å². The van der Waals surface area contributed by atoms with E-state index in [0.717, 1.165) is 13.0 Å². The number of thioether (sulfide) groups is 1. The molecule has 0 aliphatic carbocycles. The van der Waals surface area contributed by atoms with Gasteiger partial charge < -0.3 is 19.5 Å². The lowest BCUT2D eigenvalue weighted by Gasteiger charge is -2.17. The second kappa shape index (κ2) is 14.3. The highest BCUT2D eigenvalue weighted by Crippen LogP contribution is 2.11. The minimum Gasteiger partial charge on any atom is -0.379 e. The van der Waals surface area contributed by atoms with Gasteiger partial charge in [0.2, 0.25) is 5.91 Å². The molecule has 1 N–H and O–H groups in total. The van der Waals surface area contributed by atoms with Crippen LogP contribution in [0.3, 0.4) is 0 Å². The maximum absolute atomic E-state index is 11.6. The average molecular weight is 336 g/mol. The highest BCUT2D eigenvalue weighted by Gasteiger charge is 2.20. The quantitative estimate of drug-likeness (QED) is 0.494. The number of hydrogen-bond donors (Lipinski definition) is 1. The van der Waals surface area contributed by atoms with E-state index in [1.165, 1.54) is 12.2 Å². The summed E-state index contributed by atoms with van der Waals surface area (Å²) in [4.78, 5) is 11.6. The van der Waals surface area contributed by atoms with E-state index in [1.807, 2.05) is 32.5 Å². The molecule has 5 nitrogen and oxygen atoms in total. The van der Waals surface area contributed by atoms with Gasteiger partial charge in [-0.25, -0.2) is 0 Å². The van der Waals surface area contributed by atoms with Crippen LogP contribution in [0.1, 0.15) is 33.6 Å². The number of nitrogens with one attached hydrogen (secondary N) is 1. The van der Waals surface area contributed by atoms with Crippen molar-refractivity contribution >= 4 is 17.7 Å². The first kappa shape index (κ1) is 21.7. The van der Waals surface area contributed by atoms with Gasteiger partial charge in [0, 0.05) is 18.6 Å². The first-order valence-corrected chi connectivity index (χ1v) is 9.38. The molecule has 132 valence electrons. The van der Waals surface area contributed by atoms with Crippen molar-refractivity contribution in [1.82, 2.24) is 5.32 Å². The molecule has 0 spiro atoms. The average Bonchev–Trinajstić information content (AvgIpc) is 2.46. The standard InChI is InChI=1S/C16H33NO4S/c1-16(2,3)15(18)17-7-9-20-11-13-21-12-10-19-8-5-6-14-22-4/h5-14H2,1-4H3,(H,17,18). The number of ether oxygens (including phenoxy) is 3. The van der Waals surface area contributed by atoms with E-state index in [4.69, 9.17) is 14.2 Å². The Labute approximate surface area is 139 Å². The smallest absolute Gasteiger partial charge is 0.225 e. The lowest BCUT2D eigenvalue weighted by atomic mass is 9.96. The van der Waals surface area contributed by atoms with Crippen LogP contribution in [-0.4, -0.2) is 64.1 Å². The van der Waals surface area contributed by atoms with Gasteiger partial charge in [0.25, 0.3) is 0 Å². The fourth-order valence-electron chi connectivity index (χ4n) is 1.49. The molecular weight excluding hydrogens is 302 g/mol. The molecule has 0 radical (unpaired) electrons. The van der Waals surface area contributed by atoms with Gasteiger partial charge in [-0.1, -0.05) is 20.8 Å². The van der Waals surface area contributed by atoms with Crippen molar-refractivity contribution in [1.29, 1.82) is 0 Å². The Kier molecular flexibility index (Phi) is 14.1. The molecule has 0 bridgehead atoms. The van der Waals surface area contributed by atoms with Gasteiger partial charge in [0.05, 0.1) is 33.0 Å². The van der Waals surface area contributed by atoms with E-state index in [1.54, 1.807) is 0 Å². The number of carbonyl (C=O) groups is 1. The van der Waals surface area contributed by atoms with Gasteiger partial charge in [-0.3, -0.25) is 4.79 Å². The number of carbonyl (C=O) groups excluding carboxylic acids is 1. The van der Waals surface area contributed by atoms with Gasteiger partial charge in [-0.2, -0.15) is 11.8 Å². The molecule has 0 rings (SSSR count). The lowest BCUT2D eigenvalue weighted by molar-refractivity contribution is -0.128. The number of rotatable bonds is 14. The van der Waals surface area contributed by atoms with Crippen LogP contribution in [-0.2, 0) is 19.0 Å². The zero-order chi connectivity index (χ0) is 16.7. The molecule has 0 fully saturated rings. The van der Waals surface area contributed by atoms with Crippen molar-refractivity contribution < 1.29 is 19.0 Å². The summed E-state index contributed by atoms with van der Waals surface area (Å²) >= 11 is 1.87. The first-order valence-electron chi connectivity index (χ1n) is 7.99. The molecule has 0 aliphatic rings. The highest BCUT2D eigenvalue weighted by molar-refractivity contribution is 7.98. The Balaban J connectivity index is 3.13. The normalized spacial score (nSPS) is 11.6. The Morgan fingerprint density at radius 1 is 0.909 bits per heavy atom. The summed E-state index contributed by atoms with van der Waals surface area (Å²) < 4.78 is 16.2. The highest BCUT2D eigenvalue weighted by atomic mass is 32.2. The van der Waals surface area contributed by atoms with Crippen LogP contribution in [0.5, 0.6) is 0 Å². The van der Waals surface area contributed by atoms with Crippen LogP contribution in [0.4, 0.5) is 0 Å². The Morgan fingerprint density at radius 3 is 2.00 bits per heavy atom. The Morgan fingerprint density at radius 2 is 1.45 bits per heavy atom. The second-order valence-corrected chi connectivity index (χ2v) is 7.03. The minimum absolute atomic E-state index is 0.0435. The summed E-state index contributed by atoms with van der Waals surface area (Å²) in [6.45, 7) is 9.88. The van der Waals surface area contributed by atoms with Gasteiger partial charge in [-0.15, -0.1) is 0 Å². The van der Waals surface area contributed by atoms with Gasteiger partial charge in [0.1, 0.15) is 0 Å². The van der Waals surface area contributed by atoms with Crippen LogP contribution in [0.25, 0.3) is 0 Å². The third kappa shape index (κ3) is 14.6. The predicted octanol–water partition coefficient (Wildman–Crippen LogP) is 2.34. The van der Waals surface area contributed by atoms with Gasteiger partial charge in [-0.05, 0) is 24.9 Å². The SMILES string of the molecule is CSCCCCOCCOCCOCCNC(=O)C(C)(C)C. The predicted molar refractivity (Wildman–Crippen MR) is 92.5 cm³/mol. The molecule has 0 aromatic rings. The molecule has 22 heavy (non-hydrogen) atoms. The zero-order valence-corrected chi connectivity index (χ0v) is 15.4. The molecule has 0 aromatic carbocycles. The Hall–Kier alpha value is -0.300. The number of hydrogen-bond acceptors (Lipinski definition) is 5. The van der Waals surface area contributed by atoms with Crippen molar-refractivity contribution in [3.8, 4) is 0 Å². The van der Waals surface area contributed by atoms with Crippen molar-refractivity contribution in [2.24, 2.45) is 5.41 Å². The van der Waals surface area contributed by atoms with Gasteiger partial charge >= 0.3 is 0 Å². The molecule has 0 saturated heterocycles. The monoisotopic (exact) mass is 335 g/mol. The van der Waals surface area contributed by atoms with Crippen LogP contribution in [0, 0.1) is 5.41 Å². The summed E-state index contributed by atoms with van der Waals surface area (Å²) in [7, 11) is 0. The third-order valence-electron chi connectivity index (χ3n) is 2.84. The van der Waals surface area contributed by atoms with E-state index in [-0.39, 0.29) is 11.3 Å². The summed E-state index contributed by atoms with van der Waals surface area (Å²) in [5.74, 6) is 1.25. The zero-order valence-electron chi connectivity index (χ0n) is 14.6. The summed E-state index contributed by atoms with van der Waals surface area (Å²) in [5.41, 5.74) is -0.349. The fourth-order valence-corrected chi connectivity index (χ4v) is 1.99. The molecule has 0 heterocycles. The summed E-state index contributed by atoms with van der Waals surface area (Å²) in [5, 5.41) is 2.84. The van der Waals surface area contributed by atoms with Crippen molar-refractivity contribution in [3.63, 3.8) is 0 Å². The van der Waals surface area contributed by atoms with E-state index in [9.17, 15) is 4.79 Å². The van der Waals surface area contributed by atoms with Crippen LogP contribution in [0.2, 0.25) is 0 Å². The maximum Gasteiger partial charge on any atom is 0.225 e. The van der Waals surface area contributed by atoms with Crippen molar-refractivity contribution in [2.45, 2.75) is 33.6 Å². The molecular formula is C16H33NO4S. The van der Waals surface area contributed by atoms with E-state index < -0.39 is 0 Å². The first-order chi connectivity index (χ1) is 10.5. The number of unbranched alkanes of at least 4 members (excludes halogenated alkanes) is 1. The fraction of sp³-hybridized carbons (Fsp3) is 0.938. The molecule has 0 saturated carbocycles. The molecule has 0 aromatic heterocycles. The number of amides is 1. The van der Waals surface area contributed by atoms with Crippen LogP contribution in [0.15, 0.2) is 0 Å². The van der Waals surface area contributed by atoms with Crippen LogP contribution >= 0.6 is 11.8 Å². The molecule has 0 atom stereocenters. The minimum atomic E-state index is -0.349. The van der Waals surface area contributed by atoms with Crippen molar-refractivity contribution in [3.05, 3.63) is 0 Å². The second-order valence-electron chi connectivity index (χ2n) is 6.04. The van der Waals surface area contributed by atoms with E-state index in [2.05, 4.69) is 11.6 Å². The van der Waals surface area contributed by atoms with Crippen molar-refractivity contribution in [2.75, 3.05) is 58.2 Å². The summed E-state index contributed by atoms with van der Waals surface area (Å²) in [6, 6.07) is 0. The van der Waals surface area contributed by atoms with Gasteiger partial charge in [0.15, 0.2) is 0 Å². The maximum atomic E-state index is 11.6. The van der Waals surface area contributed by atoms with E-state index >= 15 is 0 Å². The molecule has 0 aliphatic heterocycles.